The van der Waals surface area contributed by atoms with Crippen molar-refractivity contribution in [3.8, 4) is 0 Å². The fraction of sp³-hybridized carbons (Fsp3) is 0.444. The molecule has 1 aromatic rings. The van der Waals surface area contributed by atoms with Crippen LogP contribution in [0.5, 0.6) is 0 Å². The highest BCUT2D eigenvalue weighted by atomic mass is 16.7. The van der Waals surface area contributed by atoms with Crippen molar-refractivity contribution in [1.82, 2.24) is 4.98 Å². The van der Waals surface area contributed by atoms with E-state index in [0.29, 0.717) is 5.56 Å². The Hall–Kier alpha value is -1.73. The molecular formula is C9H13N3O4. The molecule has 0 amide bonds. The quantitative estimate of drug-likeness (QED) is 0.452. The van der Waals surface area contributed by atoms with Gasteiger partial charge in [-0.2, -0.15) is 0 Å². The van der Waals surface area contributed by atoms with Crippen LogP contribution in [-0.2, 0) is 15.9 Å². The standard InChI is InChI=1S/C9H13N3O4/c1-15-7(16-2)5-6-3-4-11-9(10)8(6)12(13)14/h3-4,7H,5H2,1-2H3,(H2,10,11). The van der Waals surface area contributed by atoms with Crippen LogP contribution >= 0.6 is 0 Å². The summed E-state index contributed by atoms with van der Waals surface area (Å²) >= 11 is 0. The lowest BCUT2D eigenvalue weighted by Crippen LogP contribution is -2.17. The Bertz CT molecular complexity index is 379. The molecule has 1 rings (SSSR count). The lowest BCUT2D eigenvalue weighted by atomic mass is 10.1. The van der Waals surface area contributed by atoms with E-state index in [0.717, 1.165) is 0 Å². The van der Waals surface area contributed by atoms with Gasteiger partial charge in [-0.05, 0) is 6.07 Å². The minimum atomic E-state index is -0.556. The van der Waals surface area contributed by atoms with Gasteiger partial charge in [0.2, 0.25) is 5.82 Å². The number of nitrogens with two attached hydrogens (primary N) is 1. The van der Waals surface area contributed by atoms with Crippen LogP contribution in [0.2, 0.25) is 0 Å². The zero-order valence-corrected chi connectivity index (χ0v) is 9.04. The number of aromatic nitrogens is 1. The Balaban J connectivity index is 3.03. The van der Waals surface area contributed by atoms with Crippen molar-refractivity contribution < 1.29 is 14.4 Å². The maximum Gasteiger partial charge on any atom is 0.314 e. The van der Waals surface area contributed by atoms with Gasteiger partial charge in [0, 0.05) is 32.4 Å². The van der Waals surface area contributed by atoms with Crippen LogP contribution in [0.4, 0.5) is 11.5 Å². The number of pyridine rings is 1. The molecule has 0 aliphatic heterocycles. The first-order valence-electron chi connectivity index (χ1n) is 4.53. The van der Waals surface area contributed by atoms with E-state index in [1.807, 2.05) is 0 Å². The van der Waals surface area contributed by atoms with E-state index in [-0.39, 0.29) is 17.9 Å². The fourth-order valence-electron chi connectivity index (χ4n) is 1.33. The molecule has 7 heteroatoms. The molecule has 0 atom stereocenters. The van der Waals surface area contributed by atoms with Gasteiger partial charge in [-0.15, -0.1) is 0 Å². The summed E-state index contributed by atoms with van der Waals surface area (Å²) in [6.07, 6.45) is 1.12. The summed E-state index contributed by atoms with van der Waals surface area (Å²) in [5.41, 5.74) is 5.69. The van der Waals surface area contributed by atoms with Gasteiger partial charge in [-0.3, -0.25) is 10.1 Å². The van der Waals surface area contributed by atoms with Gasteiger partial charge in [0.25, 0.3) is 0 Å². The third-order valence-electron chi connectivity index (χ3n) is 2.13. The number of anilines is 1. The van der Waals surface area contributed by atoms with Crippen LogP contribution in [0, 0.1) is 10.1 Å². The van der Waals surface area contributed by atoms with E-state index in [9.17, 15) is 10.1 Å². The van der Waals surface area contributed by atoms with Crippen molar-refractivity contribution in [3.05, 3.63) is 27.9 Å². The molecule has 88 valence electrons. The zero-order valence-electron chi connectivity index (χ0n) is 9.04. The average Bonchev–Trinajstić information content (AvgIpc) is 2.25. The number of nitro groups is 1. The number of ether oxygens (including phenoxy) is 2. The largest absolute Gasteiger partial charge is 0.378 e. The second-order valence-corrected chi connectivity index (χ2v) is 3.07. The first-order chi connectivity index (χ1) is 7.60. The number of rotatable bonds is 5. The third kappa shape index (κ3) is 2.65. The van der Waals surface area contributed by atoms with Gasteiger partial charge < -0.3 is 15.2 Å². The first kappa shape index (κ1) is 12.3. The van der Waals surface area contributed by atoms with Crippen LogP contribution in [-0.4, -0.2) is 30.4 Å². The molecule has 0 unspecified atom stereocenters. The highest BCUT2D eigenvalue weighted by Crippen LogP contribution is 2.25. The number of hydrogen-bond acceptors (Lipinski definition) is 6. The molecule has 1 aromatic heterocycles. The second-order valence-electron chi connectivity index (χ2n) is 3.07. The van der Waals surface area contributed by atoms with E-state index in [4.69, 9.17) is 15.2 Å². The monoisotopic (exact) mass is 227 g/mol. The maximum atomic E-state index is 10.8. The third-order valence-corrected chi connectivity index (χ3v) is 2.13. The van der Waals surface area contributed by atoms with Gasteiger partial charge >= 0.3 is 5.69 Å². The van der Waals surface area contributed by atoms with Crippen LogP contribution in [0.15, 0.2) is 12.3 Å². The Morgan fingerprint density at radius 1 is 1.56 bits per heavy atom. The Morgan fingerprint density at radius 2 is 2.19 bits per heavy atom. The normalized spacial score (nSPS) is 10.7. The van der Waals surface area contributed by atoms with Gasteiger partial charge in [0.15, 0.2) is 6.29 Å². The molecule has 1 heterocycles. The smallest absolute Gasteiger partial charge is 0.314 e. The Morgan fingerprint density at radius 3 is 2.69 bits per heavy atom. The second kappa shape index (κ2) is 5.38. The highest BCUT2D eigenvalue weighted by molar-refractivity contribution is 5.57. The van der Waals surface area contributed by atoms with Gasteiger partial charge in [-0.25, -0.2) is 4.98 Å². The van der Waals surface area contributed by atoms with Crippen LogP contribution in [0.3, 0.4) is 0 Å². The zero-order chi connectivity index (χ0) is 12.1. The van der Waals surface area contributed by atoms with Crippen molar-refractivity contribution in [2.24, 2.45) is 0 Å². The average molecular weight is 227 g/mol. The molecule has 0 aromatic carbocycles. The molecule has 0 radical (unpaired) electrons. The Labute approximate surface area is 92.3 Å². The molecule has 2 N–H and O–H groups in total. The van der Waals surface area contributed by atoms with Crippen molar-refractivity contribution >= 4 is 11.5 Å². The summed E-state index contributed by atoms with van der Waals surface area (Å²) in [6, 6.07) is 1.53. The SMILES string of the molecule is COC(Cc1ccnc(N)c1[N+](=O)[O-])OC. The molecule has 0 fully saturated rings. The summed E-state index contributed by atoms with van der Waals surface area (Å²) in [5.74, 6) is -0.103. The van der Waals surface area contributed by atoms with Gasteiger partial charge in [-0.1, -0.05) is 0 Å². The summed E-state index contributed by atoms with van der Waals surface area (Å²) in [4.78, 5) is 13.9. The molecule has 0 bridgehead atoms. The van der Waals surface area contributed by atoms with E-state index in [1.54, 1.807) is 0 Å². The molecule has 16 heavy (non-hydrogen) atoms. The van der Waals surface area contributed by atoms with E-state index in [1.165, 1.54) is 26.5 Å². The number of methoxy groups -OCH3 is 2. The molecule has 0 spiro atoms. The predicted octanol–water partition coefficient (Wildman–Crippen LogP) is 0.733. The lowest BCUT2D eigenvalue weighted by molar-refractivity contribution is -0.385. The topological polar surface area (TPSA) is 101 Å². The molecule has 0 aliphatic rings. The highest BCUT2D eigenvalue weighted by Gasteiger charge is 2.21. The number of nitrogen functional groups attached to an aromatic ring is 1. The predicted molar refractivity (Wildman–Crippen MR) is 56.8 cm³/mol. The van der Waals surface area contributed by atoms with Crippen molar-refractivity contribution in [3.63, 3.8) is 0 Å². The summed E-state index contributed by atoms with van der Waals surface area (Å²) in [7, 11) is 2.93. The van der Waals surface area contributed by atoms with Crippen LogP contribution < -0.4 is 5.73 Å². The summed E-state index contributed by atoms with van der Waals surface area (Å²) in [6.45, 7) is 0. The fourth-order valence-corrected chi connectivity index (χ4v) is 1.33. The van der Waals surface area contributed by atoms with E-state index >= 15 is 0 Å². The maximum absolute atomic E-state index is 10.8. The number of nitrogens with zero attached hydrogens (tertiary/aromatic N) is 2. The van der Waals surface area contributed by atoms with Crippen molar-refractivity contribution in [2.75, 3.05) is 20.0 Å². The first-order valence-corrected chi connectivity index (χ1v) is 4.53. The van der Waals surface area contributed by atoms with E-state index < -0.39 is 11.2 Å². The van der Waals surface area contributed by atoms with E-state index in [2.05, 4.69) is 4.98 Å². The Kier molecular flexibility index (Phi) is 4.15. The molecule has 0 saturated heterocycles. The lowest BCUT2D eigenvalue weighted by Gasteiger charge is -2.13. The molecular weight excluding hydrogens is 214 g/mol. The minimum absolute atomic E-state index is 0.103. The van der Waals surface area contributed by atoms with Crippen LogP contribution in [0.1, 0.15) is 5.56 Å². The van der Waals surface area contributed by atoms with Crippen molar-refractivity contribution in [1.29, 1.82) is 0 Å². The summed E-state index contributed by atoms with van der Waals surface area (Å²) < 4.78 is 9.94. The summed E-state index contributed by atoms with van der Waals surface area (Å²) in [5, 5.41) is 10.8. The molecule has 0 saturated carbocycles. The van der Waals surface area contributed by atoms with Crippen LogP contribution in [0.25, 0.3) is 0 Å². The van der Waals surface area contributed by atoms with Gasteiger partial charge in [0.1, 0.15) is 0 Å². The molecule has 0 aliphatic carbocycles. The molecule has 7 nitrogen and oxygen atoms in total. The van der Waals surface area contributed by atoms with Crippen molar-refractivity contribution in [2.45, 2.75) is 12.7 Å². The minimum Gasteiger partial charge on any atom is -0.378 e. The van der Waals surface area contributed by atoms with Gasteiger partial charge in [0.05, 0.1) is 4.92 Å². The number of hydrogen-bond donors (Lipinski definition) is 1.